The molecule has 0 unspecified atom stereocenters. The van der Waals surface area contributed by atoms with E-state index in [2.05, 4.69) is 5.32 Å². The van der Waals surface area contributed by atoms with Gasteiger partial charge in [0.15, 0.2) is 0 Å². The van der Waals surface area contributed by atoms with Crippen molar-refractivity contribution in [3.8, 4) is 0 Å². The van der Waals surface area contributed by atoms with E-state index in [0.717, 1.165) is 25.7 Å². The smallest absolute Gasteiger partial charge is 0.308 e. The van der Waals surface area contributed by atoms with Crippen molar-refractivity contribution in [1.82, 2.24) is 5.32 Å². The number of furan rings is 1. The first-order valence-corrected chi connectivity index (χ1v) is 6.24. The van der Waals surface area contributed by atoms with Gasteiger partial charge in [0.2, 0.25) is 0 Å². The van der Waals surface area contributed by atoms with E-state index in [1.54, 1.807) is 6.07 Å². The Labute approximate surface area is 105 Å². The second-order valence-electron chi connectivity index (χ2n) is 4.67. The van der Waals surface area contributed by atoms with Crippen LogP contribution in [0.1, 0.15) is 42.5 Å². The molecule has 2 N–H and O–H groups in total. The number of carboxylic acid groups (broad SMARTS) is 1. The van der Waals surface area contributed by atoms with E-state index >= 15 is 0 Å². The molecule has 1 amide bonds. The summed E-state index contributed by atoms with van der Waals surface area (Å²) >= 11 is 0. The average molecular weight is 251 g/mol. The number of carbonyl (C=O) groups excluding carboxylic acids is 1. The summed E-state index contributed by atoms with van der Waals surface area (Å²) in [4.78, 5) is 23.1. The Bertz CT molecular complexity index is 413. The fourth-order valence-electron chi connectivity index (χ4n) is 2.42. The standard InChI is InChI=1S/C13H17NO4/c15-12(9-6-7-18-8-9)14-11-5-3-1-2-4-10(11)13(16)17/h6-8,10-11H,1-5H2,(H,14,15)(H,16,17)/t10-,11-/m1/s1. The molecule has 1 aliphatic rings. The molecule has 1 saturated carbocycles. The molecular weight excluding hydrogens is 234 g/mol. The van der Waals surface area contributed by atoms with E-state index in [9.17, 15) is 14.7 Å². The molecule has 0 bridgehead atoms. The second kappa shape index (κ2) is 5.71. The SMILES string of the molecule is O=C(N[C@@H]1CCCCC[C@H]1C(=O)O)c1ccoc1. The van der Waals surface area contributed by atoms with Gasteiger partial charge in [0.05, 0.1) is 17.7 Å². The number of carbonyl (C=O) groups is 2. The molecule has 0 aliphatic heterocycles. The number of carboxylic acids is 1. The first-order valence-electron chi connectivity index (χ1n) is 6.24. The van der Waals surface area contributed by atoms with Crippen molar-refractivity contribution < 1.29 is 19.1 Å². The summed E-state index contributed by atoms with van der Waals surface area (Å²) in [7, 11) is 0. The van der Waals surface area contributed by atoms with Crippen molar-refractivity contribution in [3.05, 3.63) is 24.2 Å². The third kappa shape index (κ3) is 2.91. The molecule has 1 aromatic heterocycles. The lowest BCUT2D eigenvalue weighted by molar-refractivity contribution is -0.142. The van der Waals surface area contributed by atoms with E-state index in [1.807, 2.05) is 0 Å². The molecule has 2 rings (SSSR count). The Morgan fingerprint density at radius 1 is 1.28 bits per heavy atom. The van der Waals surface area contributed by atoms with Gasteiger partial charge in [-0.05, 0) is 18.9 Å². The zero-order valence-corrected chi connectivity index (χ0v) is 10.1. The summed E-state index contributed by atoms with van der Waals surface area (Å²) in [6, 6.07) is 1.29. The van der Waals surface area contributed by atoms with E-state index in [1.165, 1.54) is 12.5 Å². The fraction of sp³-hybridized carbons (Fsp3) is 0.538. The minimum absolute atomic E-state index is 0.262. The average Bonchev–Trinajstić information content (AvgIpc) is 2.77. The number of aliphatic carboxylic acids is 1. The molecule has 1 fully saturated rings. The van der Waals surface area contributed by atoms with Gasteiger partial charge in [0.25, 0.3) is 5.91 Å². The second-order valence-corrected chi connectivity index (χ2v) is 4.67. The summed E-state index contributed by atoms with van der Waals surface area (Å²) in [5, 5.41) is 12.0. The van der Waals surface area contributed by atoms with Crippen molar-refractivity contribution in [3.63, 3.8) is 0 Å². The molecule has 5 nitrogen and oxygen atoms in total. The zero-order valence-electron chi connectivity index (χ0n) is 10.1. The van der Waals surface area contributed by atoms with Crippen LogP contribution >= 0.6 is 0 Å². The van der Waals surface area contributed by atoms with Gasteiger partial charge in [-0.2, -0.15) is 0 Å². The van der Waals surface area contributed by atoms with Crippen molar-refractivity contribution in [2.45, 2.75) is 38.1 Å². The van der Waals surface area contributed by atoms with Crippen molar-refractivity contribution in [1.29, 1.82) is 0 Å². The van der Waals surface area contributed by atoms with Gasteiger partial charge in [-0.15, -0.1) is 0 Å². The summed E-state index contributed by atoms with van der Waals surface area (Å²) in [5.74, 6) is -1.57. The lowest BCUT2D eigenvalue weighted by Crippen LogP contribution is -2.42. The van der Waals surface area contributed by atoms with Crippen LogP contribution in [0.2, 0.25) is 0 Å². The monoisotopic (exact) mass is 251 g/mol. The third-order valence-corrected chi connectivity index (χ3v) is 3.43. The minimum atomic E-state index is -0.825. The van der Waals surface area contributed by atoms with Gasteiger partial charge < -0.3 is 14.8 Å². The molecule has 0 radical (unpaired) electrons. The number of hydrogen-bond donors (Lipinski definition) is 2. The van der Waals surface area contributed by atoms with E-state index < -0.39 is 11.9 Å². The molecule has 1 aliphatic carbocycles. The quantitative estimate of drug-likeness (QED) is 0.806. The lowest BCUT2D eigenvalue weighted by atomic mass is 9.94. The molecular formula is C13H17NO4. The van der Waals surface area contributed by atoms with Crippen LogP contribution in [-0.2, 0) is 4.79 Å². The maximum atomic E-state index is 11.9. The summed E-state index contributed by atoms with van der Waals surface area (Å²) in [6.07, 6.45) is 7.04. The van der Waals surface area contributed by atoms with Gasteiger partial charge in [0, 0.05) is 6.04 Å². The predicted molar refractivity (Wildman–Crippen MR) is 64.2 cm³/mol. The summed E-state index contributed by atoms with van der Waals surface area (Å²) < 4.78 is 4.85. The molecule has 0 saturated heterocycles. The lowest BCUT2D eigenvalue weighted by Gasteiger charge is -2.22. The van der Waals surface area contributed by atoms with Gasteiger partial charge in [-0.25, -0.2) is 0 Å². The Morgan fingerprint density at radius 2 is 2.06 bits per heavy atom. The van der Waals surface area contributed by atoms with Crippen LogP contribution in [0.25, 0.3) is 0 Å². The number of nitrogens with one attached hydrogen (secondary N) is 1. The maximum Gasteiger partial charge on any atom is 0.308 e. The van der Waals surface area contributed by atoms with Crippen LogP contribution < -0.4 is 5.32 Å². The normalized spacial score (nSPS) is 24.2. The van der Waals surface area contributed by atoms with Crippen molar-refractivity contribution >= 4 is 11.9 Å². The molecule has 1 heterocycles. The van der Waals surface area contributed by atoms with Crippen LogP contribution in [-0.4, -0.2) is 23.0 Å². The third-order valence-electron chi connectivity index (χ3n) is 3.43. The highest BCUT2D eigenvalue weighted by Crippen LogP contribution is 2.24. The summed E-state index contributed by atoms with van der Waals surface area (Å²) in [6.45, 7) is 0. The van der Waals surface area contributed by atoms with Crippen LogP contribution in [0, 0.1) is 5.92 Å². The molecule has 98 valence electrons. The zero-order chi connectivity index (χ0) is 13.0. The predicted octanol–water partition coefficient (Wildman–Crippen LogP) is 2.04. The molecule has 2 atom stereocenters. The number of amides is 1. The Kier molecular flexibility index (Phi) is 4.02. The first-order chi connectivity index (χ1) is 8.68. The van der Waals surface area contributed by atoms with Gasteiger partial charge in [-0.1, -0.05) is 19.3 Å². The molecule has 0 aromatic carbocycles. The Hall–Kier alpha value is -1.78. The summed E-state index contributed by atoms with van der Waals surface area (Å²) in [5.41, 5.74) is 0.434. The van der Waals surface area contributed by atoms with E-state index in [0.29, 0.717) is 12.0 Å². The van der Waals surface area contributed by atoms with E-state index in [4.69, 9.17) is 4.42 Å². The van der Waals surface area contributed by atoms with Crippen molar-refractivity contribution in [2.24, 2.45) is 5.92 Å². The highest BCUT2D eigenvalue weighted by atomic mass is 16.4. The maximum absolute atomic E-state index is 11.9. The topological polar surface area (TPSA) is 79.5 Å². The largest absolute Gasteiger partial charge is 0.481 e. The number of rotatable bonds is 3. The molecule has 18 heavy (non-hydrogen) atoms. The Balaban J connectivity index is 2.04. The molecule has 0 spiro atoms. The van der Waals surface area contributed by atoms with Crippen LogP contribution in [0.3, 0.4) is 0 Å². The minimum Gasteiger partial charge on any atom is -0.481 e. The van der Waals surface area contributed by atoms with Gasteiger partial charge >= 0.3 is 5.97 Å². The van der Waals surface area contributed by atoms with Crippen LogP contribution in [0.4, 0.5) is 0 Å². The highest BCUT2D eigenvalue weighted by molar-refractivity contribution is 5.94. The van der Waals surface area contributed by atoms with Gasteiger partial charge in [-0.3, -0.25) is 9.59 Å². The molecule has 1 aromatic rings. The van der Waals surface area contributed by atoms with Crippen LogP contribution in [0.15, 0.2) is 23.0 Å². The van der Waals surface area contributed by atoms with E-state index in [-0.39, 0.29) is 11.9 Å². The first kappa shape index (κ1) is 12.7. The fourth-order valence-corrected chi connectivity index (χ4v) is 2.42. The Morgan fingerprint density at radius 3 is 2.72 bits per heavy atom. The highest BCUT2D eigenvalue weighted by Gasteiger charge is 2.30. The van der Waals surface area contributed by atoms with Crippen LogP contribution in [0.5, 0.6) is 0 Å². The molecule has 5 heteroatoms. The number of hydrogen-bond acceptors (Lipinski definition) is 3. The van der Waals surface area contributed by atoms with Gasteiger partial charge in [0.1, 0.15) is 6.26 Å². The van der Waals surface area contributed by atoms with Crippen molar-refractivity contribution in [2.75, 3.05) is 0 Å².